The summed E-state index contributed by atoms with van der Waals surface area (Å²) in [7, 11) is 0. The quantitative estimate of drug-likeness (QED) is 0.716. The average Bonchev–Trinajstić information content (AvgIpc) is 3.16. The molecule has 0 aliphatic carbocycles. The summed E-state index contributed by atoms with van der Waals surface area (Å²) in [5.74, 6) is 0.334. The fourth-order valence-electron chi connectivity index (χ4n) is 4.86. The number of hydrogen-bond acceptors (Lipinski definition) is 4. The first-order chi connectivity index (χ1) is 14.9. The number of ketones is 1. The van der Waals surface area contributed by atoms with Gasteiger partial charge in [0.25, 0.3) is 0 Å². The highest BCUT2D eigenvalue weighted by Gasteiger charge is 2.45. The molecule has 0 saturated carbocycles. The number of carbonyl (C=O) groups excluding carboxylic acids is 3. The molecule has 31 heavy (non-hydrogen) atoms. The largest absolute Gasteiger partial charge is 0.486 e. The van der Waals surface area contributed by atoms with Crippen molar-refractivity contribution < 1.29 is 19.1 Å². The number of piperidine rings is 1. The average molecular weight is 439 g/mol. The van der Waals surface area contributed by atoms with E-state index in [1.165, 1.54) is 0 Å². The highest BCUT2D eigenvalue weighted by Crippen LogP contribution is 2.39. The predicted molar refractivity (Wildman–Crippen MR) is 116 cm³/mol. The van der Waals surface area contributed by atoms with Crippen LogP contribution in [0.4, 0.5) is 5.69 Å². The fraction of sp³-hybridized carbons (Fsp3) is 0.375. The van der Waals surface area contributed by atoms with Crippen molar-refractivity contribution in [1.82, 2.24) is 4.90 Å². The number of rotatable bonds is 2. The van der Waals surface area contributed by atoms with Crippen LogP contribution in [-0.2, 0) is 9.59 Å². The third-order valence-electron chi connectivity index (χ3n) is 6.60. The van der Waals surface area contributed by atoms with E-state index in [1.54, 1.807) is 35.2 Å². The molecule has 0 N–H and O–H groups in total. The van der Waals surface area contributed by atoms with Gasteiger partial charge in [-0.05, 0) is 36.4 Å². The smallest absolute Gasteiger partial charge is 0.228 e. The van der Waals surface area contributed by atoms with E-state index in [0.29, 0.717) is 55.2 Å². The van der Waals surface area contributed by atoms with E-state index in [-0.39, 0.29) is 29.9 Å². The number of benzene rings is 2. The number of anilines is 1. The molecule has 0 bridgehead atoms. The summed E-state index contributed by atoms with van der Waals surface area (Å²) in [5.41, 5.74) is 0.858. The van der Waals surface area contributed by atoms with Crippen molar-refractivity contribution in [2.45, 2.75) is 31.3 Å². The van der Waals surface area contributed by atoms with Gasteiger partial charge in [0.05, 0.1) is 17.9 Å². The fourth-order valence-corrected chi connectivity index (χ4v) is 4.98. The zero-order chi connectivity index (χ0) is 21.6. The molecule has 3 aliphatic heterocycles. The molecule has 1 spiro atoms. The van der Waals surface area contributed by atoms with Crippen molar-refractivity contribution in [2.75, 3.05) is 24.5 Å². The number of carbonyl (C=O) groups is 3. The maximum absolute atomic E-state index is 13.1. The van der Waals surface area contributed by atoms with Crippen molar-refractivity contribution in [3.05, 3.63) is 59.1 Å². The molecule has 7 heteroatoms. The van der Waals surface area contributed by atoms with E-state index in [9.17, 15) is 14.4 Å². The van der Waals surface area contributed by atoms with Crippen LogP contribution in [0.5, 0.6) is 5.75 Å². The molecule has 3 aliphatic rings. The number of halogens is 1. The third kappa shape index (κ3) is 3.69. The molecule has 3 heterocycles. The second kappa shape index (κ2) is 7.68. The zero-order valence-electron chi connectivity index (χ0n) is 17.1. The van der Waals surface area contributed by atoms with Crippen molar-refractivity contribution in [3.63, 3.8) is 0 Å². The van der Waals surface area contributed by atoms with Gasteiger partial charge in [-0.15, -0.1) is 0 Å². The van der Waals surface area contributed by atoms with Crippen LogP contribution >= 0.6 is 11.6 Å². The Bertz CT molecular complexity index is 1040. The Labute approximate surface area is 185 Å². The lowest BCUT2D eigenvalue weighted by Crippen LogP contribution is -2.53. The van der Waals surface area contributed by atoms with E-state index in [1.807, 2.05) is 23.1 Å². The van der Waals surface area contributed by atoms with Crippen LogP contribution in [-0.4, -0.2) is 47.7 Å². The lowest BCUT2D eigenvalue weighted by atomic mass is 9.82. The summed E-state index contributed by atoms with van der Waals surface area (Å²) in [5, 5.41) is 0.608. The summed E-state index contributed by atoms with van der Waals surface area (Å²) in [6.07, 6.45) is 1.78. The number of amides is 2. The van der Waals surface area contributed by atoms with Crippen LogP contribution in [0.25, 0.3) is 0 Å². The van der Waals surface area contributed by atoms with Gasteiger partial charge in [0, 0.05) is 49.6 Å². The summed E-state index contributed by atoms with van der Waals surface area (Å²) >= 11 is 5.94. The number of Topliss-reactive ketones (excluding diaryl/α,β-unsaturated/α-hetero) is 1. The van der Waals surface area contributed by atoms with E-state index in [2.05, 4.69) is 0 Å². The molecule has 2 fully saturated rings. The van der Waals surface area contributed by atoms with E-state index < -0.39 is 5.60 Å². The van der Waals surface area contributed by atoms with Gasteiger partial charge in [-0.1, -0.05) is 23.7 Å². The van der Waals surface area contributed by atoms with Crippen LogP contribution in [0.1, 0.15) is 36.0 Å². The molecule has 6 nitrogen and oxygen atoms in total. The number of nitrogens with zero attached hydrogens (tertiary/aromatic N) is 2. The molecular weight excluding hydrogens is 416 g/mol. The zero-order valence-corrected chi connectivity index (χ0v) is 17.8. The van der Waals surface area contributed by atoms with Gasteiger partial charge in [-0.3, -0.25) is 14.4 Å². The summed E-state index contributed by atoms with van der Waals surface area (Å²) in [6.45, 7) is 1.43. The summed E-state index contributed by atoms with van der Waals surface area (Å²) in [6, 6.07) is 14.4. The highest BCUT2D eigenvalue weighted by molar-refractivity contribution is 6.30. The SMILES string of the molecule is O=C1CC2(CCN(C(=O)[C@H]3CC(=O)N(c4ccc(Cl)cc4)C3)CC2)Oc2ccccc21. The molecule has 2 amide bonds. The van der Waals surface area contributed by atoms with Gasteiger partial charge in [0.15, 0.2) is 5.78 Å². The van der Waals surface area contributed by atoms with Gasteiger partial charge in [-0.2, -0.15) is 0 Å². The van der Waals surface area contributed by atoms with Crippen LogP contribution < -0.4 is 9.64 Å². The first-order valence-electron chi connectivity index (χ1n) is 10.6. The van der Waals surface area contributed by atoms with Gasteiger partial charge < -0.3 is 14.5 Å². The van der Waals surface area contributed by atoms with E-state index >= 15 is 0 Å². The molecule has 0 aromatic heterocycles. The first kappa shape index (κ1) is 20.1. The van der Waals surface area contributed by atoms with E-state index in [4.69, 9.17) is 16.3 Å². The molecular formula is C24H23ClN2O4. The second-order valence-electron chi connectivity index (χ2n) is 8.59. The third-order valence-corrected chi connectivity index (χ3v) is 6.85. The van der Waals surface area contributed by atoms with Crippen molar-refractivity contribution >= 4 is 34.9 Å². The standard InChI is InChI=1S/C24H23ClN2O4/c25-17-5-7-18(8-6-17)27-15-16(13-22(27)29)23(30)26-11-9-24(10-12-26)14-20(28)19-3-1-2-4-21(19)31-24/h1-8,16H,9-15H2/t16-/m0/s1. The minimum atomic E-state index is -0.539. The highest BCUT2D eigenvalue weighted by atomic mass is 35.5. The Hall–Kier alpha value is -2.86. The Kier molecular flexibility index (Phi) is 4.97. The van der Waals surface area contributed by atoms with Crippen LogP contribution in [0.2, 0.25) is 5.02 Å². The number of fused-ring (bicyclic) bond motifs is 1. The summed E-state index contributed by atoms with van der Waals surface area (Å²) < 4.78 is 6.25. The molecule has 0 unspecified atom stereocenters. The molecule has 0 radical (unpaired) electrons. The van der Waals surface area contributed by atoms with Crippen LogP contribution in [0, 0.1) is 5.92 Å². The normalized spacial score (nSPS) is 22.4. The molecule has 2 saturated heterocycles. The Morgan fingerprint density at radius 2 is 1.74 bits per heavy atom. The molecule has 2 aromatic rings. The number of likely N-dealkylation sites (tertiary alicyclic amines) is 1. The van der Waals surface area contributed by atoms with Crippen molar-refractivity contribution in [1.29, 1.82) is 0 Å². The number of para-hydroxylation sites is 1. The van der Waals surface area contributed by atoms with Gasteiger partial charge in [0.2, 0.25) is 11.8 Å². The van der Waals surface area contributed by atoms with Gasteiger partial charge in [0.1, 0.15) is 11.4 Å². The molecule has 1 atom stereocenters. The first-order valence-corrected chi connectivity index (χ1v) is 11.0. The van der Waals surface area contributed by atoms with Crippen LogP contribution in [0.15, 0.2) is 48.5 Å². The number of ether oxygens (including phenoxy) is 1. The topological polar surface area (TPSA) is 66.9 Å². The monoisotopic (exact) mass is 438 g/mol. The Morgan fingerprint density at radius 3 is 2.48 bits per heavy atom. The molecule has 5 rings (SSSR count). The predicted octanol–water partition coefficient (Wildman–Crippen LogP) is 3.72. The molecule has 2 aromatic carbocycles. The van der Waals surface area contributed by atoms with Gasteiger partial charge >= 0.3 is 0 Å². The van der Waals surface area contributed by atoms with E-state index in [0.717, 1.165) is 5.69 Å². The maximum Gasteiger partial charge on any atom is 0.228 e. The molecule has 160 valence electrons. The van der Waals surface area contributed by atoms with Crippen molar-refractivity contribution in [2.24, 2.45) is 5.92 Å². The van der Waals surface area contributed by atoms with Crippen molar-refractivity contribution in [3.8, 4) is 5.75 Å². The summed E-state index contributed by atoms with van der Waals surface area (Å²) in [4.78, 5) is 41.7. The second-order valence-corrected chi connectivity index (χ2v) is 9.02. The Morgan fingerprint density at radius 1 is 1.03 bits per heavy atom. The minimum absolute atomic E-state index is 0.00204. The van der Waals surface area contributed by atoms with Gasteiger partial charge in [-0.25, -0.2) is 0 Å². The Balaban J connectivity index is 1.23. The van der Waals surface area contributed by atoms with Crippen LogP contribution in [0.3, 0.4) is 0 Å². The lowest BCUT2D eigenvalue weighted by molar-refractivity contribution is -0.139. The minimum Gasteiger partial charge on any atom is -0.486 e. The number of hydrogen-bond donors (Lipinski definition) is 0. The lowest BCUT2D eigenvalue weighted by Gasteiger charge is -2.44. The maximum atomic E-state index is 13.1.